The number of nitrogens with zero attached hydrogens (tertiary/aromatic N) is 1. The van der Waals surface area contributed by atoms with Gasteiger partial charge in [-0.15, -0.1) is 0 Å². The average molecular weight is 317 g/mol. The lowest BCUT2D eigenvalue weighted by molar-refractivity contribution is -0.189. The quantitative estimate of drug-likeness (QED) is 0.866. The molecule has 108 valence electrons. The van der Waals surface area contributed by atoms with Crippen LogP contribution in [0.15, 0.2) is 6.07 Å². The summed E-state index contributed by atoms with van der Waals surface area (Å²) in [4.78, 5) is 3.87. The maximum atomic E-state index is 12.4. The van der Waals surface area contributed by atoms with Gasteiger partial charge in [0.05, 0.1) is 5.02 Å². The van der Waals surface area contributed by atoms with Gasteiger partial charge in [-0.1, -0.05) is 30.1 Å². The predicted octanol–water partition coefficient (Wildman–Crippen LogP) is 4.54. The van der Waals surface area contributed by atoms with E-state index in [0.29, 0.717) is 6.54 Å². The van der Waals surface area contributed by atoms with Gasteiger partial charge in [0.15, 0.2) is 6.10 Å². The Hall–Kier alpha value is -0.880. The van der Waals surface area contributed by atoms with E-state index < -0.39 is 12.3 Å². The molecule has 1 N–H and O–H groups in total. The zero-order chi connectivity index (χ0) is 14.6. The Labute approximate surface area is 119 Å². The van der Waals surface area contributed by atoms with Crippen molar-refractivity contribution < 1.29 is 17.9 Å². The maximum Gasteiger partial charge on any atom is 0.425 e. The summed E-state index contributed by atoms with van der Waals surface area (Å²) in [5.74, 6) is -0.0493. The molecule has 1 atom stereocenters. The van der Waals surface area contributed by atoms with Crippen LogP contribution in [0, 0.1) is 0 Å². The van der Waals surface area contributed by atoms with E-state index in [1.807, 2.05) is 6.92 Å². The molecular formula is C11H13Cl2F3N2O. The Morgan fingerprint density at radius 2 is 2.00 bits per heavy atom. The fourth-order valence-electron chi connectivity index (χ4n) is 1.13. The highest BCUT2D eigenvalue weighted by Gasteiger charge is 2.38. The fraction of sp³-hybridized carbons (Fsp3) is 0.545. The monoisotopic (exact) mass is 316 g/mol. The normalized spacial score (nSPS) is 13.2. The van der Waals surface area contributed by atoms with Crippen molar-refractivity contribution in [3.8, 4) is 5.88 Å². The van der Waals surface area contributed by atoms with E-state index in [0.717, 1.165) is 13.3 Å². The van der Waals surface area contributed by atoms with Gasteiger partial charge in [0.1, 0.15) is 10.8 Å². The maximum absolute atomic E-state index is 12.4. The number of hydrogen-bond donors (Lipinski definition) is 1. The molecule has 8 heteroatoms. The van der Waals surface area contributed by atoms with Crippen LogP contribution in [0.1, 0.15) is 20.3 Å². The minimum absolute atomic E-state index is 0.0665. The van der Waals surface area contributed by atoms with E-state index in [1.54, 1.807) is 0 Å². The largest absolute Gasteiger partial charge is 0.464 e. The smallest absolute Gasteiger partial charge is 0.425 e. The van der Waals surface area contributed by atoms with Crippen molar-refractivity contribution in [2.24, 2.45) is 0 Å². The fourth-order valence-corrected chi connectivity index (χ4v) is 1.60. The summed E-state index contributed by atoms with van der Waals surface area (Å²) in [6.07, 6.45) is -5.67. The SMILES string of the molecule is CCCNc1nc(OC(C)C(F)(F)F)c(Cl)cc1Cl. The van der Waals surface area contributed by atoms with Crippen molar-refractivity contribution in [3.63, 3.8) is 0 Å². The van der Waals surface area contributed by atoms with E-state index in [9.17, 15) is 13.2 Å². The van der Waals surface area contributed by atoms with Crippen LogP contribution in [0.5, 0.6) is 5.88 Å². The zero-order valence-electron chi connectivity index (χ0n) is 10.3. The van der Waals surface area contributed by atoms with Crippen LogP contribution in [0.25, 0.3) is 0 Å². The van der Waals surface area contributed by atoms with Gasteiger partial charge in [0.25, 0.3) is 0 Å². The minimum Gasteiger partial charge on any atom is -0.464 e. The molecule has 0 aromatic carbocycles. The first-order valence-corrected chi connectivity index (χ1v) is 6.34. The highest BCUT2D eigenvalue weighted by molar-refractivity contribution is 6.36. The molecule has 3 nitrogen and oxygen atoms in total. The number of alkyl halides is 3. The Balaban J connectivity index is 2.94. The van der Waals surface area contributed by atoms with Crippen LogP contribution in [0.4, 0.5) is 19.0 Å². The first-order valence-electron chi connectivity index (χ1n) is 5.59. The average Bonchev–Trinajstić information content (AvgIpc) is 2.29. The van der Waals surface area contributed by atoms with Crippen molar-refractivity contribution in [2.75, 3.05) is 11.9 Å². The van der Waals surface area contributed by atoms with Gasteiger partial charge < -0.3 is 10.1 Å². The number of nitrogens with one attached hydrogen (secondary N) is 1. The van der Waals surface area contributed by atoms with E-state index in [1.165, 1.54) is 6.07 Å². The van der Waals surface area contributed by atoms with Crippen molar-refractivity contribution in [3.05, 3.63) is 16.1 Å². The van der Waals surface area contributed by atoms with Gasteiger partial charge in [-0.25, -0.2) is 0 Å². The predicted molar refractivity (Wildman–Crippen MR) is 69.2 cm³/mol. The molecule has 0 amide bonds. The highest BCUT2D eigenvalue weighted by Crippen LogP contribution is 2.33. The molecule has 0 radical (unpaired) electrons. The Kier molecular flexibility index (Phi) is 5.55. The second-order valence-corrected chi connectivity index (χ2v) is 4.65. The second-order valence-electron chi connectivity index (χ2n) is 3.83. The van der Waals surface area contributed by atoms with Crippen LogP contribution in [0.2, 0.25) is 10.0 Å². The molecule has 0 spiro atoms. The molecule has 1 aromatic rings. The van der Waals surface area contributed by atoms with Crippen LogP contribution in [-0.2, 0) is 0 Å². The van der Waals surface area contributed by atoms with E-state index >= 15 is 0 Å². The van der Waals surface area contributed by atoms with E-state index in [4.69, 9.17) is 27.9 Å². The van der Waals surface area contributed by atoms with Gasteiger partial charge >= 0.3 is 6.18 Å². The molecule has 1 aromatic heterocycles. The lowest BCUT2D eigenvalue weighted by Gasteiger charge is -2.18. The molecule has 0 aliphatic rings. The molecule has 19 heavy (non-hydrogen) atoms. The molecule has 1 heterocycles. The third-order valence-electron chi connectivity index (χ3n) is 2.19. The minimum atomic E-state index is -4.48. The number of rotatable bonds is 5. The number of halogens is 5. The molecule has 0 aliphatic carbocycles. The first-order chi connectivity index (χ1) is 8.75. The molecule has 0 saturated carbocycles. The van der Waals surface area contributed by atoms with Crippen molar-refractivity contribution >= 4 is 29.0 Å². The lowest BCUT2D eigenvalue weighted by Crippen LogP contribution is -2.31. The van der Waals surface area contributed by atoms with Gasteiger partial charge in [-0.3, -0.25) is 0 Å². The molecule has 1 rings (SSSR count). The van der Waals surface area contributed by atoms with Crippen LogP contribution >= 0.6 is 23.2 Å². The summed E-state index contributed by atoms with van der Waals surface area (Å²) in [6.45, 7) is 3.40. The molecule has 0 bridgehead atoms. The summed E-state index contributed by atoms with van der Waals surface area (Å²) < 4.78 is 42.0. The zero-order valence-corrected chi connectivity index (χ0v) is 11.8. The van der Waals surface area contributed by atoms with Crippen molar-refractivity contribution in [2.45, 2.75) is 32.5 Å². The summed E-state index contributed by atoms with van der Waals surface area (Å²) in [6, 6.07) is 1.30. The molecular weight excluding hydrogens is 304 g/mol. The summed E-state index contributed by atoms with van der Waals surface area (Å²) in [7, 11) is 0. The third kappa shape index (κ3) is 4.62. The van der Waals surface area contributed by atoms with Gasteiger partial charge in [0, 0.05) is 6.54 Å². The lowest BCUT2D eigenvalue weighted by atomic mass is 10.4. The number of hydrogen-bond acceptors (Lipinski definition) is 3. The summed E-state index contributed by atoms with van der Waals surface area (Å²) >= 11 is 11.6. The van der Waals surface area contributed by atoms with Gasteiger partial charge in [-0.2, -0.15) is 18.2 Å². The van der Waals surface area contributed by atoms with Gasteiger partial charge in [0.2, 0.25) is 5.88 Å². The van der Waals surface area contributed by atoms with Crippen molar-refractivity contribution in [1.82, 2.24) is 4.98 Å². The molecule has 0 saturated heterocycles. The van der Waals surface area contributed by atoms with Crippen LogP contribution in [-0.4, -0.2) is 23.8 Å². The second kappa shape index (κ2) is 6.52. The van der Waals surface area contributed by atoms with E-state index in [2.05, 4.69) is 10.3 Å². The number of ether oxygens (including phenoxy) is 1. The standard InChI is InChI=1S/C11H13Cl2F3N2O/c1-3-4-17-9-7(12)5-8(13)10(18-9)19-6(2)11(14,15)16/h5-6H,3-4H2,1-2H3,(H,17,18). The third-order valence-corrected chi connectivity index (χ3v) is 2.75. The van der Waals surface area contributed by atoms with Crippen LogP contribution in [0.3, 0.4) is 0 Å². The number of pyridine rings is 1. The highest BCUT2D eigenvalue weighted by atomic mass is 35.5. The number of aromatic nitrogens is 1. The molecule has 0 aliphatic heterocycles. The molecule has 1 unspecified atom stereocenters. The summed E-state index contributed by atoms with van der Waals surface area (Å²) in [5.41, 5.74) is 0. The van der Waals surface area contributed by atoms with E-state index in [-0.39, 0.29) is 21.7 Å². The summed E-state index contributed by atoms with van der Waals surface area (Å²) in [5, 5.41) is 3.04. The Morgan fingerprint density at radius 3 is 2.53 bits per heavy atom. The molecule has 0 fully saturated rings. The van der Waals surface area contributed by atoms with Crippen molar-refractivity contribution in [1.29, 1.82) is 0 Å². The first kappa shape index (κ1) is 16.2. The number of anilines is 1. The van der Waals surface area contributed by atoms with Gasteiger partial charge in [-0.05, 0) is 19.4 Å². The topological polar surface area (TPSA) is 34.2 Å². The van der Waals surface area contributed by atoms with Crippen LogP contribution < -0.4 is 10.1 Å². The Bertz CT molecular complexity index is 441. The Morgan fingerprint density at radius 1 is 1.37 bits per heavy atom.